The Balaban J connectivity index is 2.06. The van der Waals surface area contributed by atoms with Crippen molar-refractivity contribution in [2.75, 3.05) is 7.05 Å². The number of nitrogens with one attached hydrogen (secondary N) is 2. The van der Waals surface area contributed by atoms with Crippen LogP contribution in [0.4, 0.5) is 13.2 Å². The Hall–Kier alpha value is -2.51. The summed E-state index contributed by atoms with van der Waals surface area (Å²) in [5.41, 5.74) is 2.93. The van der Waals surface area contributed by atoms with Gasteiger partial charge in [-0.15, -0.1) is 0 Å². The molecule has 2 rings (SSSR count). The van der Waals surface area contributed by atoms with Crippen LogP contribution < -0.4 is 10.6 Å². The van der Waals surface area contributed by atoms with E-state index < -0.39 is 11.7 Å². The van der Waals surface area contributed by atoms with E-state index in [1.807, 2.05) is 25.6 Å². The summed E-state index contributed by atoms with van der Waals surface area (Å²) in [6.07, 6.45) is -4.36. The number of alkyl halides is 3. The molecule has 2 aromatic rings. The number of benzene rings is 1. The van der Waals surface area contributed by atoms with E-state index in [0.717, 1.165) is 29.1 Å². The summed E-state index contributed by atoms with van der Waals surface area (Å²) in [7, 11) is 3.51. The van der Waals surface area contributed by atoms with E-state index in [0.29, 0.717) is 18.1 Å². The second kappa shape index (κ2) is 7.80. The zero-order valence-corrected chi connectivity index (χ0v) is 15.6. The number of hydrogen-bond donors (Lipinski definition) is 2. The highest BCUT2D eigenvalue weighted by Crippen LogP contribution is 2.30. The van der Waals surface area contributed by atoms with Gasteiger partial charge in [0.2, 0.25) is 0 Å². The molecule has 8 heteroatoms. The highest BCUT2D eigenvalue weighted by Gasteiger charge is 2.30. The van der Waals surface area contributed by atoms with Crippen LogP contribution in [0.3, 0.4) is 0 Å². The second-order valence-electron chi connectivity index (χ2n) is 6.19. The molecular weight excluding hydrogens is 343 g/mol. The first-order valence-electron chi connectivity index (χ1n) is 8.27. The highest BCUT2D eigenvalue weighted by molar-refractivity contribution is 5.80. The topological polar surface area (TPSA) is 54.2 Å². The molecule has 0 aliphatic rings. The molecule has 0 amide bonds. The molecule has 0 aliphatic carbocycles. The number of halogens is 3. The molecule has 0 bridgehead atoms. The van der Waals surface area contributed by atoms with Crippen molar-refractivity contribution in [2.24, 2.45) is 12.0 Å². The molecule has 0 aliphatic heterocycles. The maximum absolute atomic E-state index is 12.9. The summed E-state index contributed by atoms with van der Waals surface area (Å²) in [6.45, 7) is 6.24. The predicted octanol–water partition coefficient (Wildman–Crippen LogP) is 3.48. The van der Waals surface area contributed by atoms with Crippen LogP contribution in [0.15, 0.2) is 29.3 Å². The molecule has 1 unspecified atom stereocenters. The first kappa shape index (κ1) is 19.8. The van der Waals surface area contributed by atoms with Crippen molar-refractivity contribution in [2.45, 2.75) is 39.5 Å². The number of hydrogen-bond acceptors (Lipinski definition) is 2. The molecule has 1 aromatic carbocycles. The van der Waals surface area contributed by atoms with Gasteiger partial charge in [0.05, 0.1) is 17.3 Å². The van der Waals surface area contributed by atoms with Crippen LogP contribution in [0.1, 0.15) is 41.0 Å². The largest absolute Gasteiger partial charge is 0.416 e. The number of rotatable bonds is 4. The summed E-state index contributed by atoms with van der Waals surface area (Å²) in [5.74, 6) is 0.512. The third-order valence-electron chi connectivity index (χ3n) is 4.38. The summed E-state index contributed by atoms with van der Waals surface area (Å²) in [4.78, 5) is 4.15. The molecule has 5 nitrogen and oxygen atoms in total. The van der Waals surface area contributed by atoms with E-state index >= 15 is 0 Å². The number of aryl methyl sites for hydroxylation is 2. The Kier molecular flexibility index (Phi) is 5.94. The molecule has 0 radical (unpaired) electrons. The zero-order valence-electron chi connectivity index (χ0n) is 15.6. The van der Waals surface area contributed by atoms with E-state index in [4.69, 9.17) is 0 Å². The average Bonchev–Trinajstić information content (AvgIpc) is 2.83. The fourth-order valence-electron chi connectivity index (χ4n) is 2.71. The molecule has 2 N–H and O–H groups in total. The van der Waals surface area contributed by atoms with E-state index in [9.17, 15) is 13.2 Å². The Bertz CT molecular complexity index is 793. The van der Waals surface area contributed by atoms with Crippen molar-refractivity contribution in [3.8, 4) is 0 Å². The molecular formula is C18H24F3N5. The van der Waals surface area contributed by atoms with Gasteiger partial charge in [-0.2, -0.15) is 18.3 Å². The van der Waals surface area contributed by atoms with Crippen LogP contribution >= 0.6 is 0 Å². The molecule has 0 saturated carbocycles. The molecule has 0 fully saturated rings. The Labute approximate surface area is 151 Å². The van der Waals surface area contributed by atoms with Gasteiger partial charge in [0.1, 0.15) is 0 Å². The van der Waals surface area contributed by atoms with Crippen LogP contribution in [0, 0.1) is 13.8 Å². The fourth-order valence-corrected chi connectivity index (χ4v) is 2.71. The fraction of sp³-hybridized carbons (Fsp3) is 0.444. The van der Waals surface area contributed by atoms with Crippen LogP contribution in [0.25, 0.3) is 0 Å². The quantitative estimate of drug-likeness (QED) is 0.643. The van der Waals surface area contributed by atoms with Gasteiger partial charge in [0.25, 0.3) is 0 Å². The standard InChI is InChI=1S/C18H24F3N5/c1-11(14-7-6-8-15(9-14)18(19,20)21)24-17(22-4)23-10-16-12(2)25-26(5)13(16)3/h6-9,11H,10H2,1-5H3,(H2,22,23,24). The van der Waals surface area contributed by atoms with E-state index in [1.165, 1.54) is 6.07 Å². The zero-order chi connectivity index (χ0) is 19.5. The van der Waals surface area contributed by atoms with E-state index in [2.05, 4.69) is 20.7 Å². The third kappa shape index (κ3) is 4.56. The minimum Gasteiger partial charge on any atom is -0.352 e. The molecule has 0 spiro atoms. The lowest BCUT2D eigenvalue weighted by Gasteiger charge is -2.19. The lowest BCUT2D eigenvalue weighted by Crippen LogP contribution is -2.38. The number of guanidine groups is 1. The van der Waals surface area contributed by atoms with Crippen LogP contribution in [-0.2, 0) is 19.8 Å². The van der Waals surface area contributed by atoms with Crippen molar-refractivity contribution in [3.63, 3.8) is 0 Å². The van der Waals surface area contributed by atoms with Crippen molar-refractivity contribution in [1.29, 1.82) is 0 Å². The molecule has 142 valence electrons. The van der Waals surface area contributed by atoms with Crippen molar-refractivity contribution in [3.05, 3.63) is 52.3 Å². The molecule has 1 aromatic heterocycles. The van der Waals surface area contributed by atoms with Crippen molar-refractivity contribution in [1.82, 2.24) is 20.4 Å². The van der Waals surface area contributed by atoms with Gasteiger partial charge in [-0.1, -0.05) is 12.1 Å². The molecule has 26 heavy (non-hydrogen) atoms. The summed E-state index contributed by atoms with van der Waals surface area (Å²) >= 11 is 0. The van der Waals surface area contributed by atoms with Crippen LogP contribution in [0.5, 0.6) is 0 Å². The van der Waals surface area contributed by atoms with Gasteiger partial charge in [-0.25, -0.2) is 0 Å². The lowest BCUT2D eigenvalue weighted by molar-refractivity contribution is -0.137. The van der Waals surface area contributed by atoms with Gasteiger partial charge in [0, 0.05) is 31.9 Å². The smallest absolute Gasteiger partial charge is 0.352 e. The van der Waals surface area contributed by atoms with E-state index in [1.54, 1.807) is 20.0 Å². The minimum atomic E-state index is -4.36. The normalized spacial score (nSPS) is 13.6. The second-order valence-corrected chi connectivity index (χ2v) is 6.19. The Morgan fingerprint density at radius 1 is 1.31 bits per heavy atom. The predicted molar refractivity (Wildman–Crippen MR) is 95.9 cm³/mol. The van der Waals surface area contributed by atoms with Crippen molar-refractivity contribution >= 4 is 5.96 Å². The van der Waals surface area contributed by atoms with Crippen molar-refractivity contribution < 1.29 is 13.2 Å². The molecule has 1 atom stereocenters. The average molecular weight is 367 g/mol. The first-order valence-corrected chi connectivity index (χ1v) is 8.27. The van der Waals surface area contributed by atoms with Gasteiger partial charge in [-0.3, -0.25) is 9.67 Å². The first-order chi connectivity index (χ1) is 12.1. The number of aliphatic imine (C=N–C) groups is 1. The Morgan fingerprint density at radius 3 is 2.54 bits per heavy atom. The van der Waals surface area contributed by atoms with Gasteiger partial charge in [-0.05, 0) is 38.5 Å². The third-order valence-corrected chi connectivity index (χ3v) is 4.38. The van der Waals surface area contributed by atoms with Gasteiger partial charge < -0.3 is 10.6 Å². The molecule has 0 saturated heterocycles. The summed E-state index contributed by atoms with van der Waals surface area (Å²) in [5, 5.41) is 10.7. The molecule has 1 heterocycles. The van der Waals surface area contributed by atoms with Crippen LogP contribution in [-0.4, -0.2) is 22.8 Å². The monoisotopic (exact) mass is 367 g/mol. The summed E-state index contributed by atoms with van der Waals surface area (Å²) < 4.78 is 40.5. The SMILES string of the molecule is CN=C(NCc1c(C)nn(C)c1C)NC(C)c1cccc(C(F)(F)F)c1. The highest BCUT2D eigenvalue weighted by atomic mass is 19.4. The summed E-state index contributed by atoms with van der Waals surface area (Å²) in [6, 6.07) is 4.96. The lowest BCUT2D eigenvalue weighted by atomic mass is 10.1. The van der Waals surface area contributed by atoms with E-state index in [-0.39, 0.29) is 6.04 Å². The van der Waals surface area contributed by atoms with Gasteiger partial charge in [0.15, 0.2) is 5.96 Å². The Morgan fingerprint density at radius 2 is 2.00 bits per heavy atom. The maximum atomic E-state index is 12.9. The maximum Gasteiger partial charge on any atom is 0.416 e. The number of nitrogens with zero attached hydrogens (tertiary/aromatic N) is 3. The minimum absolute atomic E-state index is 0.334. The number of aromatic nitrogens is 2. The van der Waals surface area contributed by atoms with Gasteiger partial charge >= 0.3 is 6.18 Å². The van der Waals surface area contributed by atoms with Crippen LogP contribution in [0.2, 0.25) is 0 Å².